The van der Waals surface area contributed by atoms with E-state index in [1.165, 1.54) is 11.8 Å². The number of hydrogen-bond donors (Lipinski definition) is 0. The molecule has 0 saturated heterocycles. The van der Waals surface area contributed by atoms with E-state index in [0.29, 0.717) is 27.0 Å². The van der Waals surface area contributed by atoms with E-state index in [0.717, 1.165) is 10.7 Å². The van der Waals surface area contributed by atoms with Crippen molar-refractivity contribution in [2.75, 3.05) is 13.4 Å². The highest BCUT2D eigenvalue weighted by Crippen LogP contribution is 2.34. The van der Waals surface area contributed by atoms with Crippen LogP contribution in [-0.4, -0.2) is 37.5 Å². The second kappa shape index (κ2) is 8.47. The quantitative estimate of drug-likeness (QED) is 0.448. The van der Waals surface area contributed by atoms with Gasteiger partial charge in [0.25, 0.3) is 0 Å². The summed E-state index contributed by atoms with van der Waals surface area (Å²) in [5.74, 6) is -1.14. The molecule has 1 aromatic heterocycles. The fourth-order valence-electron chi connectivity index (χ4n) is 2.84. The van der Waals surface area contributed by atoms with Crippen molar-refractivity contribution in [2.24, 2.45) is 0 Å². The fourth-order valence-corrected chi connectivity index (χ4v) is 4.52. The minimum Gasteiger partial charge on any atom is -0.464 e. The topological polar surface area (TPSA) is 78.3 Å². The molecule has 6 nitrogen and oxygen atoms in total. The van der Waals surface area contributed by atoms with Crippen LogP contribution in [0.3, 0.4) is 0 Å². The summed E-state index contributed by atoms with van der Waals surface area (Å²) in [5, 5.41) is 5.24. The number of carbonyl (C=O) groups excluding carboxylic acids is 1. The van der Waals surface area contributed by atoms with E-state index in [4.69, 9.17) is 27.9 Å². The first kappa shape index (κ1) is 21.8. The number of ether oxygens (including phenoxy) is 1. The smallest absolute Gasteiger partial charge is 0.358 e. The van der Waals surface area contributed by atoms with Gasteiger partial charge in [0.2, 0.25) is 0 Å². The minimum atomic E-state index is -3.49. The maximum absolute atomic E-state index is 12.4. The summed E-state index contributed by atoms with van der Waals surface area (Å²) in [6.07, 6.45) is 1.09. The fraction of sp³-hybridized carbons (Fsp3) is 0.158. The average Bonchev–Trinajstić information content (AvgIpc) is 2.99. The number of halogens is 3. The molecule has 3 rings (SSSR count). The van der Waals surface area contributed by atoms with E-state index in [-0.39, 0.29) is 11.3 Å². The summed E-state index contributed by atoms with van der Waals surface area (Å²) in [5.41, 5.74) is 1.64. The highest BCUT2D eigenvalue weighted by molar-refractivity contribution is 9.10. The minimum absolute atomic E-state index is 0.0955. The maximum Gasteiger partial charge on any atom is 0.358 e. The highest BCUT2D eigenvalue weighted by atomic mass is 79.9. The van der Waals surface area contributed by atoms with E-state index < -0.39 is 21.6 Å². The van der Waals surface area contributed by atoms with Crippen LogP contribution in [0.4, 0.5) is 0 Å². The first-order valence-electron chi connectivity index (χ1n) is 8.20. The number of hydrogen-bond acceptors (Lipinski definition) is 5. The zero-order valence-corrected chi connectivity index (χ0v) is 19.2. The summed E-state index contributed by atoms with van der Waals surface area (Å²) in [4.78, 5) is 12.4. The molecule has 152 valence electrons. The number of rotatable bonds is 5. The highest BCUT2D eigenvalue weighted by Gasteiger charge is 2.28. The lowest BCUT2D eigenvalue weighted by Crippen LogP contribution is -2.09. The number of nitrogens with zero attached hydrogens (tertiary/aromatic N) is 2. The van der Waals surface area contributed by atoms with Crippen LogP contribution in [-0.2, 0) is 20.3 Å². The molecular formula is C19H15BrCl2N2O4S. The summed E-state index contributed by atoms with van der Waals surface area (Å²) in [6, 6.07) is 11.9. The molecule has 1 heterocycles. The SMILES string of the molecule is COC(=O)c1nn(-c2ccc(Br)cc2Cl)c(-c2ccc(Cl)cc2)c1CS(C)(=O)=O. The van der Waals surface area contributed by atoms with Crippen LogP contribution >= 0.6 is 39.1 Å². The van der Waals surface area contributed by atoms with Gasteiger partial charge in [-0.3, -0.25) is 0 Å². The Kier molecular flexibility index (Phi) is 6.38. The zero-order valence-electron chi connectivity index (χ0n) is 15.3. The molecule has 3 aromatic rings. The lowest BCUT2D eigenvalue weighted by Gasteiger charge is -2.12. The van der Waals surface area contributed by atoms with Crippen molar-refractivity contribution in [2.45, 2.75) is 5.75 Å². The van der Waals surface area contributed by atoms with Crippen LogP contribution in [0.15, 0.2) is 46.9 Å². The lowest BCUT2D eigenvalue weighted by molar-refractivity contribution is 0.0592. The van der Waals surface area contributed by atoms with Crippen LogP contribution in [0.5, 0.6) is 0 Å². The number of aromatic nitrogens is 2. The maximum atomic E-state index is 12.4. The van der Waals surface area contributed by atoms with Gasteiger partial charge in [0, 0.05) is 26.9 Å². The number of benzene rings is 2. The Morgan fingerprint density at radius 3 is 2.38 bits per heavy atom. The predicted octanol–water partition coefficient (Wildman–Crippen LogP) is 4.94. The molecule has 0 aliphatic heterocycles. The summed E-state index contributed by atoms with van der Waals surface area (Å²) in [7, 11) is -2.28. The van der Waals surface area contributed by atoms with Crippen LogP contribution in [0.2, 0.25) is 10.0 Å². The van der Waals surface area contributed by atoms with Gasteiger partial charge in [-0.1, -0.05) is 51.3 Å². The molecule has 0 bridgehead atoms. The molecule has 2 aromatic carbocycles. The number of esters is 1. The molecule has 0 spiro atoms. The first-order valence-corrected chi connectivity index (χ1v) is 11.8. The molecule has 0 amide bonds. The Labute approximate surface area is 186 Å². The molecule has 0 saturated carbocycles. The first-order chi connectivity index (χ1) is 13.6. The zero-order chi connectivity index (χ0) is 21.3. The molecule has 0 fully saturated rings. The molecule has 29 heavy (non-hydrogen) atoms. The van der Waals surface area contributed by atoms with Crippen LogP contribution < -0.4 is 0 Å². The van der Waals surface area contributed by atoms with Gasteiger partial charge in [0.15, 0.2) is 15.5 Å². The van der Waals surface area contributed by atoms with Gasteiger partial charge in [-0.25, -0.2) is 17.9 Å². The van der Waals surface area contributed by atoms with Crippen molar-refractivity contribution in [3.05, 3.63) is 68.2 Å². The third kappa shape index (κ3) is 4.83. The molecule has 0 atom stereocenters. The van der Waals surface area contributed by atoms with Crippen LogP contribution in [0, 0.1) is 0 Å². The van der Waals surface area contributed by atoms with Gasteiger partial charge in [-0.2, -0.15) is 5.10 Å². The Balaban J connectivity index is 2.40. The lowest BCUT2D eigenvalue weighted by atomic mass is 10.1. The second-order valence-electron chi connectivity index (χ2n) is 6.25. The summed E-state index contributed by atoms with van der Waals surface area (Å²) >= 11 is 15.8. The van der Waals surface area contributed by atoms with Gasteiger partial charge in [-0.05, 0) is 30.3 Å². The largest absolute Gasteiger partial charge is 0.464 e. The summed E-state index contributed by atoms with van der Waals surface area (Å²) < 4.78 is 31.3. The van der Waals surface area contributed by atoms with E-state index >= 15 is 0 Å². The van der Waals surface area contributed by atoms with E-state index in [1.807, 2.05) is 0 Å². The standard InChI is InChI=1S/C19H15BrCl2N2O4S/c1-28-19(25)17-14(10-29(2,26)27)18(11-3-6-13(21)7-4-11)24(23-17)16-8-5-12(20)9-15(16)22/h3-9H,10H2,1-2H3. The van der Waals surface area contributed by atoms with Gasteiger partial charge < -0.3 is 4.74 Å². The van der Waals surface area contributed by atoms with Crippen molar-refractivity contribution in [1.29, 1.82) is 0 Å². The third-order valence-electron chi connectivity index (χ3n) is 4.02. The van der Waals surface area contributed by atoms with Crippen LogP contribution in [0.25, 0.3) is 16.9 Å². The van der Waals surface area contributed by atoms with Gasteiger partial charge in [0.1, 0.15) is 0 Å². The normalized spacial score (nSPS) is 11.5. The molecule has 0 radical (unpaired) electrons. The van der Waals surface area contributed by atoms with Crippen molar-refractivity contribution < 1.29 is 17.9 Å². The Morgan fingerprint density at radius 2 is 1.83 bits per heavy atom. The Morgan fingerprint density at radius 1 is 1.17 bits per heavy atom. The Hall–Kier alpha value is -1.87. The van der Waals surface area contributed by atoms with Crippen molar-refractivity contribution in [3.8, 4) is 16.9 Å². The van der Waals surface area contributed by atoms with E-state index in [2.05, 4.69) is 21.0 Å². The molecule has 0 aliphatic carbocycles. The monoisotopic (exact) mass is 516 g/mol. The van der Waals surface area contributed by atoms with Gasteiger partial charge in [-0.15, -0.1) is 0 Å². The number of sulfone groups is 1. The third-order valence-corrected chi connectivity index (χ3v) is 5.89. The van der Waals surface area contributed by atoms with Crippen molar-refractivity contribution in [1.82, 2.24) is 9.78 Å². The Bertz CT molecular complexity index is 1190. The molecule has 0 N–H and O–H groups in total. The second-order valence-corrected chi connectivity index (χ2v) is 10.2. The van der Waals surface area contributed by atoms with Gasteiger partial charge >= 0.3 is 5.97 Å². The van der Waals surface area contributed by atoms with Crippen molar-refractivity contribution >= 4 is 54.9 Å². The van der Waals surface area contributed by atoms with E-state index in [1.54, 1.807) is 42.5 Å². The number of carbonyl (C=O) groups is 1. The van der Waals surface area contributed by atoms with E-state index in [9.17, 15) is 13.2 Å². The van der Waals surface area contributed by atoms with Crippen LogP contribution in [0.1, 0.15) is 16.1 Å². The molecular weight excluding hydrogens is 503 g/mol. The molecule has 0 unspecified atom stereocenters. The van der Waals surface area contributed by atoms with Crippen molar-refractivity contribution in [3.63, 3.8) is 0 Å². The van der Waals surface area contributed by atoms with Gasteiger partial charge in [0.05, 0.1) is 29.3 Å². The molecule has 10 heteroatoms. The summed E-state index contributed by atoms with van der Waals surface area (Å²) in [6.45, 7) is 0. The average molecular weight is 518 g/mol. The molecule has 0 aliphatic rings. The predicted molar refractivity (Wildman–Crippen MR) is 117 cm³/mol. The number of methoxy groups -OCH3 is 1.